The average Bonchev–Trinajstić information content (AvgIpc) is 3.30. The third-order valence-electron chi connectivity index (χ3n) is 10.2. The van der Waals surface area contributed by atoms with Gasteiger partial charge < -0.3 is 14.9 Å². The average molecular weight is 579 g/mol. The fourth-order valence-corrected chi connectivity index (χ4v) is 8.07. The van der Waals surface area contributed by atoms with Gasteiger partial charge >= 0.3 is 0 Å². The number of anilines is 1. The van der Waals surface area contributed by atoms with Crippen molar-refractivity contribution in [1.29, 1.82) is 0 Å². The molecule has 1 saturated carbocycles. The summed E-state index contributed by atoms with van der Waals surface area (Å²) in [6.07, 6.45) is 9.44. The lowest BCUT2D eigenvalue weighted by Gasteiger charge is -2.53. The summed E-state index contributed by atoms with van der Waals surface area (Å²) in [4.78, 5) is 50.7. The van der Waals surface area contributed by atoms with Crippen LogP contribution < -0.4 is 4.90 Å². The van der Waals surface area contributed by atoms with E-state index < -0.39 is 5.60 Å². The number of hydrogen-bond acceptors (Lipinski definition) is 6. The summed E-state index contributed by atoms with van der Waals surface area (Å²) in [5.74, 6) is -0.595. The van der Waals surface area contributed by atoms with Crippen LogP contribution in [0, 0.1) is 11.8 Å². The molecule has 2 aromatic carbocycles. The number of piperidine rings is 2. The number of amides is 3. The van der Waals surface area contributed by atoms with Crippen molar-refractivity contribution in [2.45, 2.75) is 63.1 Å². The van der Waals surface area contributed by atoms with Crippen LogP contribution in [0.2, 0.25) is 0 Å². The molecule has 0 spiro atoms. The Morgan fingerprint density at radius 2 is 1.67 bits per heavy atom. The van der Waals surface area contributed by atoms with E-state index in [1.54, 1.807) is 18.5 Å². The fraction of sp³-hybridized carbons (Fsp3) is 0.429. The number of carbonyl (C=O) groups excluding carboxylic acids is 3. The number of imide groups is 1. The Kier molecular flexibility index (Phi) is 7.25. The maximum atomic E-state index is 14.2. The standard InChI is InChI=1S/C35H38N4O4/c40-32(38-21-17-35(43,26-9-2-1-3-10-26)28-12-4-5-13-29(28)38)25-8-7-20-37(23-25)30-14-6-11-27-31(30)34(42)39(33(27)41)22-24-15-18-36-19-16-24/h1-3,6,9-11,14-16,18-19,25,28-29,43H,4-5,7-8,12-13,17,20-23H2/t25?,28-,29+,35+/m0/s1. The highest BCUT2D eigenvalue weighted by Crippen LogP contribution is 2.47. The number of fused-ring (bicyclic) bond motifs is 2. The van der Waals surface area contributed by atoms with Crippen molar-refractivity contribution in [3.8, 4) is 0 Å². The smallest absolute Gasteiger partial charge is 0.263 e. The number of hydrogen-bond donors (Lipinski definition) is 1. The van der Waals surface area contributed by atoms with Gasteiger partial charge in [0.1, 0.15) is 0 Å². The second kappa shape index (κ2) is 11.2. The SMILES string of the molecule is O=C1c2cccc(N3CCCC(C(=O)N4CC[C@@](O)(c5ccccc5)[C@H]5CCCC[C@H]54)C3)c2C(=O)N1Cc1ccncc1. The first-order valence-electron chi connectivity index (χ1n) is 15.7. The minimum Gasteiger partial charge on any atom is -0.385 e. The van der Waals surface area contributed by atoms with Crippen molar-refractivity contribution in [3.63, 3.8) is 0 Å². The van der Waals surface area contributed by atoms with Crippen molar-refractivity contribution in [2.24, 2.45) is 11.8 Å². The molecule has 222 valence electrons. The lowest BCUT2D eigenvalue weighted by atomic mass is 9.66. The molecular weight excluding hydrogens is 540 g/mol. The summed E-state index contributed by atoms with van der Waals surface area (Å²) < 4.78 is 0. The van der Waals surface area contributed by atoms with E-state index in [1.165, 1.54) is 4.90 Å². The van der Waals surface area contributed by atoms with Gasteiger partial charge in [-0.15, -0.1) is 0 Å². The molecule has 3 aliphatic heterocycles. The van der Waals surface area contributed by atoms with Crippen molar-refractivity contribution in [1.82, 2.24) is 14.8 Å². The Hall–Kier alpha value is -4.04. The van der Waals surface area contributed by atoms with E-state index in [1.807, 2.05) is 54.6 Å². The molecule has 1 unspecified atom stereocenters. The number of aromatic nitrogens is 1. The molecule has 4 heterocycles. The van der Waals surface area contributed by atoms with E-state index in [-0.39, 0.29) is 42.1 Å². The highest BCUT2D eigenvalue weighted by molar-refractivity contribution is 6.23. The zero-order valence-corrected chi connectivity index (χ0v) is 24.4. The Morgan fingerprint density at radius 1 is 0.884 bits per heavy atom. The van der Waals surface area contributed by atoms with Gasteiger partial charge in [0.05, 0.1) is 34.9 Å². The molecule has 1 N–H and O–H groups in total. The lowest BCUT2D eigenvalue weighted by molar-refractivity contribution is -0.158. The molecular formula is C35H38N4O4. The number of pyridine rings is 1. The molecule has 0 bridgehead atoms. The summed E-state index contributed by atoms with van der Waals surface area (Å²) >= 11 is 0. The molecule has 1 aromatic heterocycles. The molecule has 3 amide bonds. The Labute approximate surface area is 252 Å². The summed E-state index contributed by atoms with van der Waals surface area (Å²) in [6.45, 7) is 1.98. The summed E-state index contributed by atoms with van der Waals surface area (Å²) in [5, 5.41) is 12.0. The Morgan fingerprint density at radius 3 is 2.49 bits per heavy atom. The Bertz CT molecular complexity index is 1530. The van der Waals surface area contributed by atoms with Crippen molar-refractivity contribution in [3.05, 3.63) is 95.3 Å². The van der Waals surface area contributed by atoms with Crippen molar-refractivity contribution in [2.75, 3.05) is 24.5 Å². The first-order valence-corrected chi connectivity index (χ1v) is 15.7. The summed E-state index contributed by atoms with van der Waals surface area (Å²) in [5.41, 5.74) is 2.48. The van der Waals surface area contributed by atoms with Gasteiger partial charge in [-0.1, -0.05) is 49.2 Å². The summed E-state index contributed by atoms with van der Waals surface area (Å²) in [7, 11) is 0. The minimum atomic E-state index is -0.915. The molecule has 3 aromatic rings. The molecule has 2 saturated heterocycles. The van der Waals surface area contributed by atoms with Gasteiger partial charge in [0, 0.05) is 44.0 Å². The number of likely N-dealkylation sites (tertiary alicyclic amines) is 1. The molecule has 8 heteroatoms. The van der Waals surface area contributed by atoms with E-state index >= 15 is 0 Å². The van der Waals surface area contributed by atoms with Crippen LogP contribution in [0.15, 0.2) is 73.1 Å². The predicted molar refractivity (Wildman–Crippen MR) is 162 cm³/mol. The minimum absolute atomic E-state index is 0.0217. The van der Waals surface area contributed by atoms with Gasteiger partial charge in [0.2, 0.25) is 5.91 Å². The van der Waals surface area contributed by atoms with Gasteiger partial charge in [-0.05, 0) is 67.5 Å². The third kappa shape index (κ3) is 4.82. The number of carbonyl (C=O) groups is 3. The molecule has 7 rings (SSSR count). The largest absolute Gasteiger partial charge is 0.385 e. The zero-order chi connectivity index (χ0) is 29.6. The Balaban J connectivity index is 1.11. The maximum Gasteiger partial charge on any atom is 0.263 e. The van der Waals surface area contributed by atoms with E-state index in [4.69, 9.17) is 0 Å². The van der Waals surface area contributed by atoms with Gasteiger partial charge in [-0.25, -0.2) is 0 Å². The van der Waals surface area contributed by atoms with E-state index in [9.17, 15) is 19.5 Å². The first kappa shape index (κ1) is 27.8. The predicted octanol–water partition coefficient (Wildman–Crippen LogP) is 4.77. The summed E-state index contributed by atoms with van der Waals surface area (Å²) in [6, 6.07) is 19.1. The van der Waals surface area contributed by atoms with Crippen molar-refractivity contribution < 1.29 is 19.5 Å². The highest BCUT2D eigenvalue weighted by Gasteiger charge is 2.51. The normalized spacial score (nSPS) is 27.2. The molecule has 1 aliphatic carbocycles. The molecule has 43 heavy (non-hydrogen) atoms. The molecule has 3 fully saturated rings. The lowest BCUT2D eigenvalue weighted by Crippen LogP contribution is -2.60. The fourth-order valence-electron chi connectivity index (χ4n) is 8.07. The molecule has 4 aliphatic rings. The molecule has 8 nitrogen and oxygen atoms in total. The number of rotatable bonds is 5. The monoisotopic (exact) mass is 578 g/mol. The van der Waals surface area contributed by atoms with Crippen LogP contribution in [0.4, 0.5) is 5.69 Å². The van der Waals surface area contributed by atoms with Crippen LogP contribution in [-0.2, 0) is 16.9 Å². The van der Waals surface area contributed by atoms with Crippen LogP contribution >= 0.6 is 0 Å². The van der Waals surface area contributed by atoms with Crippen LogP contribution in [0.5, 0.6) is 0 Å². The van der Waals surface area contributed by atoms with Crippen molar-refractivity contribution >= 4 is 23.4 Å². The second-order valence-corrected chi connectivity index (χ2v) is 12.6. The van der Waals surface area contributed by atoms with Crippen LogP contribution in [0.1, 0.15) is 76.8 Å². The highest BCUT2D eigenvalue weighted by atomic mass is 16.3. The zero-order valence-electron chi connectivity index (χ0n) is 24.4. The van der Waals surface area contributed by atoms with Crippen LogP contribution in [0.25, 0.3) is 0 Å². The van der Waals surface area contributed by atoms with Gasteiger partial charge in [-0.2, -0.15) is 0 Å². The van der Waals surface area contributed by atoms with E-state index in [0.717, 1.165) is 61.9 Å². The molecule has 0 radical (unpaired) electrons. The number of nitrogens with zero attached hydrogens (tertiary/aromatic N) is 4. The van der Waals surface area contributed by atoms with E-state index in [2.05, 4.69) is 14.8 Å². The third-order valence-corrected chi connectivity index (χ3v) is 10.2. The topological polar surface area (TPSA) is 94.1 Å². The van der Waals surface area contributed by atoms with Crippen LogP contribution in [0.3, 0.4) is 0 Å². The number of aliphatic hydroxyl groups is 1. The molecule has 4 atom stereocenters. The van der Waals surface area contributed by atoms with Crippen LogP contribution in [-0.4, -0.2) is 63.3 Å². The quantitative estimate of drug-likeness (QED) is 0.439. The number of benzene rings is 2. The second-order valence-electron chi connectivity index (χ2n) is 12.6. The van der Waals surface area contributed by atoms with E-state index in [0.29, 0.717) is 30.6 Å². The first-order chi connectivity index (χ1) is 21.0. The van der Waals surface area contributed by atoms with Gasteiger partial charge in [-0.3, -0.25) is 24.3 Å². The maximum absolute atomic E-state index is 14.2. The van der Waals surface area contributed by atoms with Gasteiger partial charge in [0.25, 0.3) is 11.8 Å². The van der Waals surface area contributed by atoms with Gasteiger partial charge in [0.15, 0.2) is 0 Å².